The van der Waals surface area contributed by atoms with E-state index in [1.165, 1.54) is 0 Å². The summed E-state index contributed by atoms with van der Waals surface area (Å²) in [5, 5.41) is 12.3. The molecule has 2 aromatic rings. The normalized spacial score (nSPS) is 14.0. The summed E-state index contributed by atoms with van der Waals surface area (Å²) < 4.78 is 10.7. The molecule has 6 nitrogen and oxygen atoms in total. The monoisotopic (exact) mass is 357 g/mol. The van der Waals surface area contributed by atoms with Gasteiger partial charge in [0.05, 0.1) is 7.11 Å². The van der Waals surface area contributed by atoms with E-state index in [1.807, 2.05) is 6.07 Å². The van der Waals surface area contributed by atoms with Crippen LogP contribution in [0.5, 0.6) is 11.5 Å². The van der Waals surface area contributed by atoms with Gasteiger partial charge in [-0.2, -0.15) is 0 Å². The van der Waals surface area contributed by atoms with Crippen molar-refractivity contribution in [2.45, 2.75) is 25.4 Å². The molecule has 0 spiro atoms. The van der Waals surface area contributed by atoms with Gasteiger partial charge in [-0.1, -0.05) is 30.3 Å². The van der Waals surface area contributed by atoms with Gasteiger partial charge in [-0.15, -0.1) is 0 Å². The van der Waals surface area contributed by atoms with E-state index in [9.17, 15) is 14.7 Å². The van der Waals surface area contributed by atoms with Crippen LogP contribution in [-0.2, 0) is 15.0 Å². The first-order valence-corrected chi connectivity index (χ1v) is 8.24. The number of carbonyl (C=O) groups is 2. The number of amides is 1. The van der Waals surface area contributed by atoms with Gasteiger partial charge in [-0.3, -0.25) is 9.59 Å². The molecular weight excluding hydrogens is 334 g/mol. The Bertz CT molecular complexity index is 745. The van der Waals surface area contributed by atoms with Crippen LogP contribution >= 0.6 is 0 Å². The number of carboxylic acid groups (broad SMARTS) is 1. The standard InChI is InChI=1S/C20H23NO5/c1-14(26-17-11-9-16(25-3)10-12-17)18(22)21-13-20(2,19(23)24)15-7-5-4-6-8-15/h4-12,14H,13H2,1-3H3,(H,21,22)(H,23,24). The van der Waals surface area contributed by atoms with Gasteiger partial charge in [0.1, 0.15) is 16.9 Å². The predicted octanol–water partition coefficient (Wildman–Crippen LogP) is 2.62. The van der Waals surface area contributed by atoms with E-state index in [-0.39, 0.29) is 12.5 Å². The van der Waals surface area contributed by atoms with Crippen molar-refractivity contribution in [2.75, 3.05) is 13.7 Å². The van der Waals surface area contributed by atoms with Gasteiger partial charge >= 0.3 is 5.97 Å². The van der Waals surface area contributed by atoms with Gasteiger partial charge in [0.25, 0.3) is 5.91 Å². The van der Waals surface area contributed by atoms with Crippen LogP contribution in [0.15, 0.2) is 54.6 Å². The summed E-state index contributed by atoms with van der Waals surface area (Å²) in [4.78, 5) is 24.1. The van der Waals surface area contributed by atoms with Crippen molar-refractivity contribution < 1.29 is 24.2 Å². The molecule has 6 heteroatoms. The summed E-state index contributed by atoms with van der Waals surface area (Å²) in [6.45, 7) is 3.15. The number of carbonyl (C=O) groups excluding carboxylic acids is 1. The van der Waals surface area contributed by atoms with Gasteiger partial charge in [0.2, 0.25) is 0 Å². The van der Waals surface area contributed by atoms with Crippen LogP contribution in [-0.4, -0.2) is 36.7 Å². The van der Waals surface area contributed by atoms with Crippen molar-refractivity contribution in [3.63, 3.8) is 0 Å². The van der Waals surface area contributed by atoms with Crippen molar-refractivity contribution in [3.05, 3.63) is 60.2 Å². The van der Waals surface area contributed by atoms with Crippen LogP contribution < -0.4 is 14.8 Å². The Morgan fingerprint density at radius 2 is 1.65 bits per heavy atom. The third-order valence-electron chi connectivity index (χ3n) is 4.24. The Kier molecular flexibility index (Phi) is 6.22. The number of aliphatic carboxylic acids is 1. The van der Waals surface area contributed by atoms with E-state index in [0.717, 1.165) is 0 Å². The van der Waals surface area contributed by atoms with E-state index in [1.54, 1.807) is 69.5 Å². The Morgan fingerprint density at radius 3 is 2.19 bits per heavy atom. The molecule has 0 bridgehead atoms. The number of rotatable bonds is 8. The van der Waals surface area contributed by atoms with E-state index in [0.29, 0.717) is 17.1 Å². The first-order valence-electron chi connectivity index (χ1n) is 8.24. The predicted molar refractivity (Wildman–Crippen MR) is 97.5 cm³/mol. The maximum atomic E-state index is 12.3. The Balaban J connectivity index is 1.99. The summed E-state index contributed by atoms with van der Waals surface area (Å²) in [7, 11) is 1.57. The SMILES string of the molecule is COc1ccc(OC(C)C(=O)NCC(C)(C(=O)O)c2ccccc2)cc1. The molecule has 1 amide bonds. The Morgan fingerprint density at radius 1 is 1.08 bits per heavy atom. The summed E-state index contributed by atoms with van der Waals surface area (Å²) in [6, 6.07) is 15.7. The first-order chi connectivity index (χ1) is 12.4. The molecular formula is C20H23NO5. The molecule has 2 atom stereocenters. The summed E-state index contributed by atoms with van der Waals surface area (Å²) in [6.07, 6.45) is -0.766. The molecule has 2 N–H and O–H groups in total. The highest BCUT2D eigenvalue weighted by Gasteiger charge is 2.36. The lowest BCUT2D eigenvalue weighted by molar-refractivity contribution is -0.143. The molecule has 138 valence electrons. The largest absolute Gasteiger partial charge is 0.497 e. The van der Waals surface area contributed by atoms with Gasteiger partial charge in [0.15, 0.2) is 6.10 Å². The topological polar surface area (TPSA) is 84.9 Å². The zero-order valence-electron chi connectivity index (χ0n) is 15.1. The maximum Gasteiger partial charge on any atom is 0.315 e. The highest BCUT2D eigenvalue weighted by molar-refractivity contribution is 5.84. The average Bonchev–Trinajstić information content (AvgIpc) is 2.66. The van der Waals surface area contributed by atoms with E-state index in [2.05, 4.69) is 5.32 Å². The van der Waals surface area contributed by atoms with Crippen LogP contribution in [0.4, 0.5) is 0 Å². The fourth-order valence-electron chi connectivity index (χ4n) is 2.43. The van der Waals surface area contributed by atoms with E-state index >= 15 is 0 Å². The highest BCUT2D eigenvalue weighted by Crippen LogP contribution is 2.23. The van der Waals surface area contributed by atoms with Crippen LogP contribution in [0.2, 0.25) is 0 Å². The fraction of sp³-hybridized carbons (Fsp3) is 0.300. The quantitative estimate of drug-likeness (QED) is 0.759. The van der Waals surface area contributed by atoms with Crippen molar-refractivity contribution >= 4 is 11.9 Å². The zero-order chi connectivity index (χ0) is 19.2. The molecule has 0 heterocycles. The Hall–Kier alpha value is -3.02. The molecule has 0 aliphatic rings. The number of benzene rings is 2. The van der Waals surface area contributed by atoms with Crippen molar-refractivity contribution in [1.82, 2.24) is 5.32 Å². The second-order valence-electron chi connectivity index (χ2n) is 6.16. The van der Waals surface area contributed by atoms with Gasteiger partial charge in [-0.05, 0) is 43.7 Å². The number of hydrogen-bond acceptors (Lipinski definition) is 4. The molecule has 0 aromatic heterocycles. The number of carboxylic acids is 1. The van der Waals surface area contributed by atoms with Crippen LogP contribution in [0.3, 0.4) is 0 Å². The first kappa shape index (κ1) is 19.3. The Labute approximate surface area is 152 Å². The number of methoxy groups -OCH3 is 1. The number of nitrogens with one attached hydrogen (secondary N) is 1. The molecule has 0 fully saturated rings. The lowest BCUT2D eigenvalue weighted by Gasteiger charge is -2.26. The zero-order valence-corrected chi connectivity index (χ0v) is 15.1. The number of ether oxygens (including phenoxy) is 2. The molecule has 26 heavy (non-hydrogen) atoms. The lowest BCUT2D eigenvalue weighted by atomic mass is 9.82. The molecule has 0 aliphatic carbocycles. The molecule has 0 saturated carbocycles. The van der Waals surface area contributed by atoms with E-state index < -0.39 is 17.5 Å². The summed E-state index contributed by atoms with van der Waals surface area (Å²) >= 11 is 0. The van der Waals surface area contributed by atoms with Gasteiger partial charge in [-0.25, -0.2) is 0 Å². The fourth-order valence-corrected chi connectivity index (χ4v) is 2.43. The second kappa shape index (κ2) is 8.38. The molecule has 0 aliphatic heterocycles. The minimum Gasteiger partial charge on any atom is -0.497 e. The van der Waals surface area contributed by atoms with E-state index in [4.69, 9.17) is 9.47 Å². The van der Waals surface area contributed by atoms with Crippen molar-refractivity contribution in [1.29, 1.82) is 0 Å². The average molecular weight is 357 g/mol. The third-order valence-corrected chi connectivity index (χ3v) is 4.24. The molecule has 0 saturated heterocycles. The summed E-state index contributed by atoms with van der Waals surface area (Å²) in [5.74, 6) is -0.177. The van der Waals surface area contributed by atoms with Crippen LogP contribution in [0.1, 0.15) is 19.4 Å². The third kappa shape index (κ3) is 4.53. The molecule has 2 unspecified atom stereocenters. The molecule has 2 aromatic carbocycles. The van der Waals surface area contributed by atoms with Gasteiger partial charge < -0.3 is 19.9 Å². The van der Waals surface area contributed by atoms with Crippen LogP contribution in [0.25, 0.3) is 0 Å². The maximum absolute atomic E-state index is 12.3. The second-order valence-corrected chi connectivity index (χ2v) is 6.16. The molecule has 2 rings (SSSR count). The molecule has 0 radical (unpaired) electrons. The smallest absolute Gasteiger partial charge is 0.315 e. The van der Waals surface area contributed by atoms with Crippen LogP contribution in [0, 0.1) is 0 Å². The van der Waals surface area contributed by atoms with Crippen molar-refractivity contribution in [2.24, 2.45) is 0 Å². The lowest BCUT2D eigenvalue weighted by Crippen LogP contribution is -2.47. The van der Waals surface area contributed by atoms with Gasteiger partial charge in [0, 0.05) is 6.54 Å². The number of hydrogen-bond donors (Lipinski definition) is 2. The summed E-state index contributed by atoms with van der Waals surface area (Å²) in [5.41, 5.74) is -0.604. The van der Waals surface area contributed by atoms with Crippen molar-refractivity contribution in [3.8, 4) is 11.5 Å². The highest BCUT2D eigenvalue weighted by atomic mass is 16.5. The minimum atomic E-state index is -1.23. The minimum absolute atomic E-state index is 0.0402.